The van der Waals surface area contributed by atoms with Gasteiger partial charge in [-0.3, -0.25) is 9.78 Å². The monoisotopic (exact) mass is 327 g/mol. The van der Waals surface area contributed by atoms with Crippen molar-refractivity contribution in [3.05, 3.63) is 42.0 Å². The highest BCUT2D eigenvalue weighted by molar-refractivity contribution is 6.06. The maximum atomic E-state index is 13.9. The lowest BCUT2D eigenvalue weighted by atomic mass is 9.89. The molecule has 24 heavy (non-hydrogen) atoms. The van der Waals surface area contributed by atoms with Gasteiger partial charge in [0.05, 0.1) is 5.56 Å². The zero-order valence-electron chi connectivity index (χ0n) is 13.7. The lowest BCUT2D eigenvalue weighted by molar-refractivity contribution is 0.0652. The van der Waals surface area contributed by atoms with Crippen LogP contribution in [0.25, 0.3) is 10.8 Å². The fourth-order valence-corrected chi connectivity index (χ4v) is 4.16. The largest absolute Gasteiger partial charge is 0.338 e. The second kappa shape index (κ2) is 6.48. The van der Waals surface area contributed by atoms with Gasteiger partial charge in [0.2, 0.25) is 0 Å². The summed E-state index contributed by atoms with van der Waals surface area (Å²) in [5.74, 6) is 0.0601. The van der Waals surface area contributed by atoms with Gasteiger partial charge in [-0.25, -0.2) is 4.39 Å². The first-order valence-electron chi connectivity index (χ1n) is 8.78. The molecule has 0 radical (unpaired) electrons. The lowest BCUT2D eigenvalue weighted by Gasteiger charge is -2.36. The van der Waals surface area contributed by atoms with Crippen LogP contribution in [0.15, 0.2) is 30.6 Å². The Morgan fingerprint density at radius 1 is 1.29 bits per heavy atom. The molecule has 4 nitrogen and oxygen atoms in total. The highest BCUT2D eigenvalue weighted by Gasteiger charge is 2.31. The van der Waals surface area contributed by atoms with Gasteiger partial charge < -0.3 is 10.2 Å². The van der Waals surface area contributed by atoms with Crippen molar-refractivity contribution in [1.82, 2.24) is 15.2 Å². The number of nitrogens with one attached hydrogen (secondary N) is 1. The molecule has 0 aliphatic carbocycles. The minimum absolute atomic E-state index is 0.0617. The van der Waals surface area contributed by atoms with Gasteiger partial charge in [-0.05, 0) is 61.7 Å². The molecule has 4 rings (SSSR count). The van der Waals surface area contributed by atoms with Crippen LogP contribution in [0.1, 0.15) is 36.0 Å². The van der Waals surface area contributed by atoms with E-state index in [1.54, 1.807) is 18.5 Å². The molecule has 0 saturated carbocycles. The smallest absolute Gasteiger partial charge is 0.254 e. The zero-order valence-corrected chi connectivity index (χ0v) is 13.7. The predicted octanol–water partition coefficient (Wildman–Crippen LogP) is 2.98. The summed E-state index contributed by atoms with van der Waals surface area (Å²) in [5.41, 5.74) is 0.451. The first kappa shape index (κ1) is 15.5. The van der Waals surface area contributed by atoms with Crippen LogP contribution in [0.4, 0.5) is 4.39 Å². The third-order valence-electron chi connectivity index (χ3n) is 5.36. The van der Waals surface area contributed by atoms with Crippen molar-refractivity contribution >= 4 is 16.7 Å². The fraction of sp³-hybridized carbons (Fsp3) is 0.474. The van der Waals surface area contributed by atoms with E-state index in [1.807, 2.05) is 4.90 Å². The van der Waals surface area contributed by atoms with Crippen LogP contribution >= 0.6 is 0 Å². The second-order valence-corrected chi connectivity index (χ2v) is 6.91. The second-order valence-electron chi connectivity index (χ2n) is 6.91. The number of rotatable bonds is 2. The molecule has 1 amide bonds. The number of nitrogens with zero attached hydrogens (tertiary/aromatic N) is 2. The highest BCUT2D eigenvalue weighted by Crippen LogP contribution is 2.27. The van der Waals surface area contributed by atoms with Crippen molar-refractivity contribution in [3.63, 3.8) is 0 Å². The number of aromatic nitrogens is 1. The Bertz CT molecular complexity index is 757. The van der Waals surface area contributed by atoms with E-state index in [9.17, 15) is 9.18 Å². The first-order chi connectivity index (χ1) is 11.7. The molecule has 2 saturated heterocycles. The molecule has 1 aromatic heterocycles. The number of hydrogen-bond donors (Lipinski definition) is 1. The molecule has 2 aliphatic heterocycles. The Hall–Kier alpha value is -2.01. The van der Waals surface area contributed by atoms with Crippen LogP contribution in [0.3, 0.4) is 0 Å². The summed E-state index contributed by atoms with van der Waals surface area (Å²) in [6.45, 7) is 2.60. The zero-order chi connectivity index (χ0) is 16.5. The summed E-state index contributed by atoms with van der Waals surface area (Å²) < 4.78 is 13.9. The quantitative estimate of drug-likeness (QED) is 0.922. The molecule has 2 aromatic rings. The maximum absolute atomic E-state index is 13.9. The summed E-state index contributed by atoms with van der Waals surface area (Å²) in [4.78, 5) is 19.0. The Morgan fingerprint density at radius 2 is 2.21 bits per heavy atom. The van der Waals surface area contributed by atoms with Gasteiger partial charge in [-0.1, -0.05) is 0 Å². The Labute approximate surface area is 141 Å². The molecular weight excluding hydrogens is 305 g/mol. The summed E-state index contributed by atoms with van der Waals surface area (Å²) in [6.07, 6.45) is 7.85. The average Bonchev–Trinajstić information content (AvgIpc) is 3.15. The van der Waals surface area contributed by atoms with Crippen molar-refractivity contribution in [2.75, 3.05) is 19.6 Å². The van der Waals surface area contributed by atoms with Crippen molar-refractivity contribution in [3.8, 4) is 0 Å². The molecule has 126 valence electrons. The molecule has 1 aromatic carbocycles. The number of carbonyl (C=O) groups is 1. The summed E-state index contributed by atoms with van der Waals surface area (Å²) in [6, 6.07) is 5.11. The standard InChI is InChI=1S/C19H22FN3O/c20-15-9-14-11-21-7-5-16(14)17(10-15)19(24)23-8-2-3-13(12-23)18-4-1-6-22-18/h5,7,9-11,13,18,22H,1-4,6,8,12H2. The van der Waals surface area contributed by atoms with E-state index in [4.69, 9.17) is 0 Å². The lowest BCUT2D eigenvalue weighted by Crippen LogP contribution is -2.45. The Kier molecular flexibility index (Phi) is 4.19. The number of piperidine rings is 1. The van der Waals surface area contributed by atoms with E-state index < -0.39 is 0 Å². The van der Waals surface area contributed by atoms with Gasteiger partial charge in [-0.2, -0.15) is 0 Å². The molecule has 2 aliphatic rings. The Morgan fingerprint density at radius 3 is 3.04 bits per heavy atom. The molecule has 3 heterocycles. The van der Waals surface area contributed by atoms with Crippen molar-refractivity contribution in [1.29, 1.82) is 0 Å². The molecule has 2 atom stereocenters. The third-order valence-corrected chi connectivity index (χ3v) is 5.36. The van der Waals surface area contributed by atoms with Crippen LogP contribution in [0.2, 0.25) is 0 Å². The summed E-state index contributed by atoms with van der Waals surface area (Å²) >= 11 is 0. The molecular formula is C19H22FN3O. The number of benzene rings is 1. The van der Waals surface area contributed by atoms with Crippen molar-refractivity contribution in [2.24, 2.45) is 5.92 Å². The normalized spacial score (nSPS) is 24.5. The fourth-order valence-electron chi connectivity index (χ4n) is 4.16. The number of carbonyl (C=O) groups excluding carboxylic acids is 1. The SMILES string of the molecule is O=C(c1cc(F)cc2cnccc12)N1CCCC(C2CCCN2)C1. The van der Waals surface area contributed by atoms with Gasteiger partial charge >= 0.3 is 0 Å². The highest BCUT2D eigenvalue weighted by atomic mass is 19.1. The molecule has 0 spiro atoms. The minimum atomic E-state index is -0.384. The van der Waals surface area contributed by atoms with Crippen LogP contribution in [0, 0.1) is 11.7 Å². The van der Waals surface area contributed by atoms with E-state index in [1.165, 1.54) is 25.0 Å². The minimum Gasteiger partial charge on any atom is -0.338 e. The van der Waals surface area contributed by atoms with Crippen LogP contribution < -0.4 is 5.32 Å². The van der Waals surface area contributed by atoms with Crippen molar-refractivity contribution < 1.29 is 9.18 Å². The molecule has 2 fully saturated rings. The van der Waals surface area contributed by atoms with Crippen LogP contribution in [0.5, 0.6) is 0 Å². The number of hydrogen-bond acceptors (Lipinski definition) is 3. The third kappa shape index (κ3) is 2.88. The van der Waals surface area contributed by atoms with Crippen LogP contribution in [-0.4, -0.2) is 41.5 Å². The maximum Gasteiger partial charge on any atom is 0.254 e. The van der Waals surface area contributed by atoms with E-state index in [-0.39, 0.29) is 11.7 Å². The number of pyridine rings is 1. The molecule has 5 heteroatoms. The summed E-state index contributed by atoms with van der Waals surface area (Å²) in [5, 5.41) is 5.01. The van der Waals surface area contributed by atoms with E-state index in [0.29, 0.717) is 22.9 Å². The van der Waals surface area contributed by atoms with Gasteiger partial charge in [-0.15, -0.1) is 0 Å². The van der Waals surface area contributed by atoms with Gasteiger partial charge in [0.1, 0.15) is 5.82 Å². The number of likely N-dealkylation sites (tertiary alicyclic amines) is 1. The van der Waals surface area contributed by atoms with Crippen LogP contribution in [-0.2, 0) is 0 Å². The van der Waals surface area contributed by atoms with E-state index in [0.717, 1.165) is 37.9 Å². The van der Waals surface area contributed by atoms with Gasteiger partial charge in [0.15, 0.2) is 0 Å². The average molecular weight is 327 g/mol. The number of amides is 1. The molecule has 2 unspecified atom stereocenters. The Balaban J connectivity index is 1.61. The topological polar surface area (TPSA) is 45.2 Å². The van der Waals surface area contributed by atoms with Crippen molar-refractivity contribution in [2.45, 2.75) is 31.7 Å². The number of fused-ring (bicyclic) bond motifs is 1. The predicted molar refractivity (Wildman–Crippen MR) is 91.4 cm³/mol. The molecule has 0 bridgehead atoms. The van der Waals surface area contributed by atoms with E-state index >= 15 is 0 Å². The van der Waals surface area contributed by atoms with E-state index in [2.05, 4.69) is 10.3 Å². The number of halogens is 1. The summed E-state index contributed by atoms with van der Waals surface area (Å²) in [7, 11) is 0. The molecule has 1 N–H and O–H groups in total. The van der Waals surface area contributed by atoms with Gasteiger partial charge in [0, 0.05) is 36.9 Å². The first-order valence-corrected chi connectivity index (χ1v) is 8.78. The van der Waals surface area contributed by atoms with Gasteiger partial charge in [0.25, 0.3) is 5.91 Å².